The van der Waals surface area contributed by atoms with E-state index >= 15 is 0 Å². The van der Waals surface area contributed by atoms with Crippen LogP contribution in [-0.4, -0.2) is 34.8 Å². The average Bonchev–Trinajstić information content (AvgIpc) is 2.10. The number of hydrogen-bond acceptors (Lipinski definition) is 5. The van der Waals surface area contributed by atoms with Crippen molar-refractivity contribution in [1.29, 1.82) is 0 Å². The highest BCUT2D eigenvalue weighted by atomic mass is 32.1. The van der Waals surface area contributed by atoms with Crippen LogP contribution in [0.4, 0.5) is 0 Å². The maximum Gasteiger partial charge on any atom is 0.311 e. The van der Waals surface area contributed by atoms with Crippen LogP contribution >= 0.6 is 19.8 Å². The third-order valence-corrected chi connectivity index (χ3v) is 9.31. The summed E-state index contributed by atoms with van der Waals surface area (Å²) in [4.78, 5) is 0. The molecule has 0 unspecified atom stereocenters. The SMILES string of the molecule is C[Si](C)(C)OP(=O)(CCCNNC=S)O[Si](C)(C)C. The number of hydrogen-bond donors (Lipinski definition) is 2. The van der Waals surface area contributed by atoms with Crippen LogP contribution in [0.2, 0.25) is 39.3 Å². The van der Waals surface area contributed by atoms with Gasteiger partial charge in [0.25, 0.3) is 0 Å². The van der Waals surface area contributed by atoms with Gasteiger partial charge in [0.2, 0.25) is 0 Å². The molecule has 0 saturated carbocycles. The van der Waals surface area contributed by atoms with E-state index in [0.29, 0.717) is 19.1 Å². The van der Waals surface area contributed by atoms with Crippen LogP contribution in [0, 0.1) is 0 Å². The molecule has 0 aliphatic rings. The molecule has 19 heavy (non-hydrogen) atoms. The van der Waals surface area contributed by atoms with Gasteiger partial charge in [-0.1, -0.05) is 12.2 Å². The van der Waals surface area contributed by atoms with E-state index in [4.69, 9.17) is 8.43 Å². The van der Waals surface area contributed by atoms with Crippen LogP contribution in [0.5, 0.6) is 0 Å². The van der Waals surface area contributed by atoms with E-state index in [9.17, 15) is 4.57 Å². The van der Waals surface area contributed by atoms with E-state index in [1.807, 2.05) is 39.3 Å². The molecule has 0 aliphatic carbocycles. The smallest absolute Gasteiger partial charge is 0.311 e. The molecule has 0 aromatic carbocycles. The van der Waals surface area contributed by atoms with Gasteiger partial charge < -0.3 is 13.9 Å². The molecular formula is C10H27N2O3PSSi2. The van der Waals surface area contributed by atoms with E-state index < -0.39 is 24.2 Å². The Morgan fingerprint density at radius 3 is 1.95 bits per heavy atom. The lowest BCUT2D eigenvalue weighted by Crippen LogP contribution is -2.33. The zero-order chi connectivity index (χ0) is 15.2. The fourth-order valence-electron chi connectivity index (χ4n) is 1.42. The molecule has 0 radical (unpaired) electrons. The lowest BCUT2D eigenvalue weighted by atomic mass is 10.5. The van der Waals surface area contributed by atoms with Crippen molar-refractivity contribution in [1.82, 2.24) is 10.9 Å². The first kappa shape index (κ1) is 19.4. The number of hydrazine groups is 1. The third-order valence-electron chi connectivity index (χ3n) is 1.72. The standard InChI is InChI=1S/C10H27N2O3PSSi2/c1-18(2,3)14-16(13,15-19(4,5)6)9-7-8-11-12-10-17/h10-11H,7-9H2,1-6H3,(H,12,17). The number of nitrogens with one attached hydrogen (secondary N) is 2. The Labute approximate surface area is 124 Å². The predicted octanol–water partition coefficient (Wildman–Crippen LogP) is 3.32. The van der Waals surface area contributed by atoms with Crippen molar-refractivity contribution in [2.24, 2.45) is 0 Å². The van der Waals surface area contributed by atoms with Crippen molar-refractivity contribution in [3.8, 4) is 0 Å². The maximum absolute atomic E-state index is 12.8. The quantitative estimate of drug-likeness (QED) is 0.209. The van der Waals surface area contributed by atoms with Crippen LogP contribution < -0.4 is 10.9 Å². The largest absolute Gasteiger partial charge is 0.352 e. The summed E-state index contributed by atoms with van der Waals surface area (Å²) in [6.45, 7) is 12.8. The van der Waals surface area contributed by atoms with E-state index in [2.05, 4.69) is 23.1 Å². The Bertz CT molecular complexity index is 312. The Balaban J connectivity index is 4.50. The van der Waals surface area contributed by atoms with Crippen LogP contribution in [0.25, 0.3) is 0 Å². The highest BCUT2D eigenvalue weighted by Gasteiger charge is 2.35. The van der Waals surface area contributed by atoms with Crippen molar-refractivity contribution in [2.75, 3.05) is 12.7 Å². The minimum atomic E-state index is -2.99. The normalized spacial score (nSPS) is 13.4. The molecule has 2 N–H and O–H groups in total. The summed E-state index contributed by atoms with van der Waals surface area (Å²) in [6, 6.07) is 0. The molecule has 9 heteroatoms. The van der Waals surface area contributed by atoms with Crippen molar-refractivity contribution >= 4 is 41.9 Å². The summed E-state index contributed by atoms with van der Waals surface area (Å²) in [5.74, 6) is 0. The molecule has 114 valence electrons. The summed E-state index contributed by atoms with van der Waals surface area (Å²) >= 11 is 4.63. The highest BCUT2D eigenvalue weighted by molar-refractivity contribution is 7.78. The fourth-order valence-corrected chi connectivity index (χ4v) is 9.94. The Morgan fingerprint density at radius 2 is 1.58 bits per heavy atom. The maximum atomic E-state index is 12.8. The average molecular weight is 343 g/mol. The second-order valence-electron chi connectivity index (χ2n) is 6.28. The first-order valence-electron chi connectivity index (χ1n) is 6.40. The van der Waals surface area contributed by atoms with Crippen molar-refractivity contribution < 1.29 is 13.0 Å². The van der Waals surface area contributed by atoms with Gasteiger partial charge in [-0.25, -0.2) is 5.43 Å². The molecule has 5 nitrogen and oxygen atoms in total. The molecule has 0 aromatic rings. The molecule has 0 spiro atoms. The second-order valence-corrected chi connectivity index (χ2v) is 18.1. The van der Waals surface area contributed by atoms with Gasteiger partial charge in [0.1, 0.15) is 0 Å². The van der Waals surface area contributed by atoms with Crippen molar-refractivity contribution in [3.05, 3.63) is 0 Å². The van der Waals surface area contributed by atoms with Crippen LogP contribution in [-0.2, 0) is 13.0 Å². The molecule has 0 heterocycles. The van der Waals surface area contributed by atoms with Gasteiger partial charge >= 0.3 is 7.60 Å². The molecule has 0 atom stereocenters. The molecule has 0 aliphatic heterocycles. The van der Waals surface area contributed by atoms with E-state index in [1.54, 1.807) is 0 Å². The number of rotatable bonds is 10. The van der Waals surface area contributed by atoms with Crippen molar-refractivity contribution in [2.45, 2.75) is 45.7 Å². The van der Waals surface area contributed by atoms with E-state index in [1.165, 1.54) is 5.49 Å². The molecule has 0 fully saturated rings. The molecule has 0 bridgehead atoms. The minimum absolute atomic E-state index is 0.438. The highest BCUT2D eigenvalue weighted by Crippen LogP contribution is 2.53. The first-order valence-corrected chi connectivity index (χ1v) is 15.4. The second kappa shape index (κ2) is 8.02. The molecule has 0 saturated heterocycles. The molecule has 0 rings (SSSR count). The fraction of sp³-hybridized carbons (Fsp3) is 0.900. The molecule has 0 amide bonds. The third kappa shape index (κ3) is 11.9. The van der Waals surface area contributed by atoms with E-state index in [0.717, 1.165) is 0 Å². The van der Waals surface area contributed by atoms with Crippen LogP contribution in [0.15, 0.2) is 0 Å². The minimum Gasteiger partial charge on any atom is -0.352 e. The van der Waals surface area contributed by atoms with Crippen LogP contribution in [0.1, 0.15) is 6.42 Å². The molecular weight excluding hydrogens is 315 g/mol. The van der Waals surface area contributed by atoms with Gasteiger partial charge in [-0.05, 0) is 45.7 Å². The Kier molecular flexibility index (Phi) is 8.20. The van der Waals surface area contributed by atoms with Crippen LogP contribution in [0.3, 0.4) is 0 Å². The van der Waals surface area contributed by atoms with E-state index in [-0.39, 0.29) is 0 Å². The van der Waals surface area contributed by atoms with Gasteiger partial charge in [0.05, 0.1) is 5.49 Å². The summed E-state index contributed by atoms with van der Waals surface area (Å²) < 4.78 is 24.5. The summed E-state index contributed by atoms with van der Waals surface area (Å²) in [5, 5.41) is 0. The van der Waals surface area contributed by atoms with Crippen molar-refractivity contribution in [3.63, 3.8) is 0 Å². The first-order chi connectivity index (χ1) is 8.47. The lowest BCUT2D eigenvalue weighted by Gasteiger charge is -2.31. The van der Waals surface area contributed by atoms with Gasteiger partial charge in [-0.2, -0.15) is 0 Å². The molecule has 0 aromatic heterocycles. The Morgan fingerprint density at radius 1 is 1.11 bits per heavy atom. The topological polar surface area (TPSA) is 59.6 Å². The summed E-state index contributed by atoms with van der Waals surface area (Å²) in [6.07, 6.45) is 1.15. The van der Waals surface area contributed by atoms with Gasteiger partial charge in [0.15, 0.2) is 16.6 Å². The van der Waals surface area contributed by atoms with Gasteiger partial charge in [-0.3, -0.25) is 4.57 Å². The van der Waals surface area contributed by atoms with Gasteiger partial charge in [0, 0.05) is 12.7 Å². The zero-order valence-electron chi connectivity index (χ0n) is 12.8. The summed E-state index contributed by atoms with van der Waals surface area (Å²) in [5.41, 5.74) is 7.03. The monoisotopic (exact) mass is 342 g/mol. The number of thiocarbonyl (C=S) groups is 1. The Hall–Kier alpha value is 0.434. The van der Waals surface area contributed by atoms with Gasteiger partial charge in [-0.15, -0.1) is 0 Å². The lowest BCUT2D eigenvalue weighted by molar-refractivity contribution is 0.381. The zero-order valence-corrected chi connectivity index (χ0v) is 16.5. The summed E-state index contributed by atoms with van der Waals surface area (Å²) in [7, 11) is -6.78. The predicted molar refractivity (Wildman–Crippen MR) is 90.7 cm³/mol.